The van der Waals surface area contributed by atoms with Gasteiger partial charge in [0, 0.05) is 18.8 Å². The van der Waals surface area contributed by atoms with Gasteiger partial charge in [0.25, 0.3) is 0 Å². The molecule has 1 spiro atoms. The number of hydrogen-bond acceptors (Lipinski definition) is 3. The van der Waals surface area contributed by atoms with Crippen LogP contribution in [0.25, 0.3) is 0 Å². The highest BCUT2D eigenvalue weighted by Gasteiger charge is 2.40. The van der Waals surface area contributed by atoms with Crippen molar-refractivity contribution in [1.29, 1.82) is 0 Å². The van der Waals surface area contributed by atoms with Gasteiger partial charge in [-0.1, -0.05) is 6.07 Å². The van der Waals surface area contributed by atoms with Crippen molar-refractivity contribution in [3.63, 3.8) is 0 Å². The second-order valence-electron chi connectivity index (χ2n) is 5.45. The Bertz CT molecular complexity index is 360. The van der Waals surface area contributed by atoms with Crippen molar-refractivity contribution in [2.45, 2.75) is 31.8 Å². The fraction of sp³-hybridized carbons (Fsp3) is 0.643. The molecule has 1 N–H and O–H groups in total. The highest BCUT2D eigenvalue weighted by atomic mass is 16.5. The largest absolute Gasteiger partial charge is 0.377 e. The average molecular weight is 232 g/mol. The van der Waals surface area contributed by atoms with E-state index in [4.69, 9.17) is 4.74 Å². The molecule has 3 heteroatoms. The molecule has 0 aromatic carbocycles. The highest BCUT2D eigenvalue weighted by molar-refractivity contribution is 5.10. The summed E-state index contributed by atoms with van der Waals surface area (Å²) in [5.74, 6) is 0. The molecule has 2 aliphatic heterocycles. The smallest absolute Gasteiger partial charge is 0.0622 e. The fourth-order valence-corrected chi connectivity index (χ4v) is 3.11. The number of hydrogen-bond donors (Lipinski definition) is 1. The van der Waals surface area contributed by atoms with Crippen LogP contribution in [-0.4, -0.2) is 30.8 Å². The molecule has 0 amide bonds. The quantitative estimate of drug-likeness (QED) is 0.844. The third-order valence-electron chi connectivity index (χ3n) is 4.14. The van der Waals surface area contributed by atoms with E-state index >= 15 is 0 Å². The van der Waals surface area contributed by atoms with Crippen LogP contribution in [0.1, 0.15) is 24.8 Å². The predicted molar refractivity (Wildman–Crippen MR) is 66.8 cm³/mol. The van der Waals surface area contributed by atoms with E-state index in [1.807, 2.05) is 18.5 Å². The Morgan fingerprint density at radius 1 is 1.41 bits per heavy atom. The van der Waals surface area contributed by atoms with E-state index in [-0.39, 0.29) is 0 Å². The van der Waals surface area contributed by atoms with Crippen LogP contribution in [0.2, 0.25) is 0 Å². The summed E-state index contributed by atoms with van der Waals surface area (Å²) in [6, 6.07) is 4.15. The minimum absolute atomic E-state index is 0.400. The lowest BCUT2D eigenvalue weighted by Crippen LogP contribution is -2.37. The second kappa shape index (κ2) is 4.75. The molecule has 0 bridgehead atoms. The maximum atomic E-state index is 5.99. The van der Waals surface area contributed by atoms with Gasteiger partial charge in [0.15, 0.2) is 0 Å². The van der Waals surface area contributed by atoms with Crippen LogP contribution in [0.5, 0.6) is 0 Å². The van der Waals surface area contributed by atoms with Crippen molar-refractivity contribution >= 4 is 0 Å². The molecule has 92 valence electrons. The lowest BCUT2D eigenvalue weighted by atomic mass is 9.77. The topological polar surface area (TPSA) is 34.2 Å². The minimum atomic E-state index is 0.400. The van der Waals surface area contributed by atoms with Gasteiger partial charge in [0.05, 0.1) is 12.7 Å². The Kier molecular flexibility index (Phi) is 3.12. The lowest BCUT2D eigenvalue weighted by molar-refractivity contribution is 0.0867. The molecule has 1 atom stereocenters. The molecular formula is C14H20N2O. The molecule has 0 radical (unpaired) electrons. The van der Waals surface area contributed by atoms with Crippen molar-refractivity contribution in [3.8, 4) is 0 Å². The highest BCUT2D eigenvalue weighted by Crippen LogP contribution is 2.41. The number of ether oxygens (including phenoxy) is 1. The molecule has 3 nitrogen and oxygen atoms in total. The zero-order valence-corrected chi connectivity index (χ0v) is 10.2. The summed E-state index contributed by atoms with van der Waals surface area (Å²) in [4.78, 5) is 4.17. The summed E-state index contributed by atoms with van der Waals surface area (Å²) in [7, 11) is 0. The summed E-state index contributed by atoms with van der Waals surface area (Å²) >= 11 is 0. The summed E-state index contributed by atoms with van der Waals surface area (Å²) in [6.45, 7) is 3.27. The van der Waals surface area contributed by atoms with E-state index in [1.165, 1.54) is 24.8 Å². The van der Waals surface area contributed by atoms with Crippen molar-refractivity contribution in [2.75, 3.05) is 19.7 Å². The van der Waals surface area contributed by atoms with Crippen LogP contribution in [0.4, 0.5) is 0 Å². The Balaban J connectivity index is 1.60. The van der Waals surface area contributed by atoms with Crippen LogP contribution in [0.15, 0.2) is 24.5 Å². The first-order valence-electron chi connectivity index (χ1n) is 6.58. The molecule has 17 heavy (non-hydrogen) atoms. The number of pyridine rings is 1. The normalized spacial score (nSPS) is 27.4. The van der Waals surface area contributed by atoms with E-state index in [1.54, 1.807) is 0 Å². The monoisotopic (exact) mass is 232 g/mol. The standard InChI is InChI=1S/C14H20N2O/c1-2-12(10-16-5-1)8-13-9-14(11-17-13)3-6-15-7-4-14/h1-2,5,10,13,15H,3-4,6-9,11H2. The molecule has 2 aliphatic rings. The van der Waals surface area contributed by atoms with Gasteiger partial charge < -0.3 is 10.1 Å². The molecule has 0 aliphatic carbocycles. The van der Waals surface area contributed by atoms with Gasteiger partial charge in [-0.15, -0.1) is 0 Å². The van der Waals surface area contributed by atoms with Gasteiger partial charge in [0.1, 0.15) is 0 Å². The van der Waals surface area contributed by atoms with Gasteiger partial charge >= 0.3 is 0 Å². The number of aromatic nitrogens is 1. The Labute approximate surface area is 103 Å². The van der Waals surface area contributed by atoms with Gasteiger partial charge in [-0.2, -0.15) is 0 Å². The zero-order valence-electron chi connectivity index (χ0n) is 10.2. The molecular weight excluding hydrogens is 212 g/mol. The van der Waals surface area contributed by atoms with Gasteiger partial charge in [0.2, 0.25) is 0 Å². The van der Waals surface area contributed by atoms with Crippen LogP contribution >= 0.6 is 0 Å². The van der Waals surface area contributed by atoms with Crippen LogP contribution < -0.4 is 5.32 Å². The lowest BCUT2D eigenvalue weighted by Gasteiger charge is -2.32. The Hall–Kier alpha value is -0.930. The maximum Gasteiger partial charge on any atom is 0.0622 e. The Morgan fingerprint density at radius 2 is 2.29 bits per heavy atom. The molecule has 1 unspecified atom stereocenters. The van der Waals surface area contributed by atoms with Gasteiger partial charge in [-0.25, -0.2) is 0 Å². The molecule has 2 saturated heterocycles. The van der Waals surface area contributed by atoms with Crippen molar-refractivity contribution in [3.05, 3.63) is 30.1 Å². The number of rotatable bonds is 2. The average Bonchev–Trinajstić information content (AvgIpc) is 2.74. The van der Waals surface area contributed by atoms with E-state index in [9.17, 15) is 0 Å². The summed E-state index contributed by atoms with van der Waals surface area (Å²) in [5, 5.41) is 3.43. The molecule has 1 aromatic rings. The molecule has 1 aromatic heterocycles. The maximum absolute atomic E-state index is 5.99. The van der Waals surface area contributed by atoms with Crippen LogP contribution in [0, 0.1) is 5.41 Å². The van der Waals surface area contributed by atoms with Crippen LogP contribution in [0.3, 0.4) is 0 Å². The molecule has 0 saturated carbocycles. The fourth-order valence-electron chi connectivity index (χ4n) is 3.11. The van der Waals surface area contributed by atoms with Crippen LogP contribution in [-0.2, 0) is 11.2 Å². The van der Waals surface area contributed by atoms with E-state index in [2.05, 4.69) is 16.4 Å². The predicted octanol–water partition coefficient (Wildman–Crippen LogP) is 1.78. The first-order valence-corrected chi connectivity index (χ1v) is 6.58. The molecule has 2 fully saturated rings. The third-order valence-corrected chi connectivity index (χ3v) is 4.14. The second-order valence-corrected chi connectivity index (χ2v) is 5.45. The summed E-state index contributed by atoms with van der Waals surface area (Å²) in [5.41, 5.74) is 1.77. The van der Waals surface area contributed by atoms with Gasteiger partial charge in [-0.05, 0) is 49.4 Å². The van der Waals surface area contributed by atoms with E-state index in [0.29, 0.717) is 11.5 Å². The van der Waals surface area contributed by atoms with Crippen molar-refractivity contribution in [2.24, 2.45) is 5.41 Å². The Morgan fingerprint density at radius 3 is 3.06 bits per heavy atom. The number of nitrogens with one attached hydrogen (secondary N) is 1. The molecule has 3 heterocycles. The summed E-state index contributed by atoms with van der Waals surface area (Å²) < 4.78 is 5.99. The van der Waals surface area contributed by atoms with E-state index in [0.717, 1.165) is 26.1 Å². The zero-order chi connectivity index (χ0) is 11.6. The van der Waals surface area contributed by atoms with E-state index < -0.39 is 0 Å². The van der Waals surface area contributed by atoms with Gasteiger partial charge in [-0.3, -0.25) is 4.98 Å². The van der Waals surface area contributed by atoms with Crippen molar-refractivity contribution < 1.29 is 4.74 Å². The minimum Gasteiger partial charge on any atom is -0.377 e. The first-order chi connectivity index (χ1) is 8.36. The number of nitrogens with zero attached hydrogens (tertiary/aromatic N) is 1. The first kappa shape index (κ1) is 11.2. The number of piperidine rings is 1. The summed E-state index contributed by atoms with van der Waals surface area (Å²) in [6.07, 6.45) is 8.97. The SMILES string of the molecule is c1cncc(CC2CC3(CCNCC3)CO2)c1. The third kappa shape index (κ3) is 2.50. The molecule has 3 rings (SSSR count). The van der Waals surface area contributed by atoms with Crippen molar-refractivity contribution in [1.82, 2.24) is 10.3 Å².